The normalized spacial score (nSPS) is 20.3. The largest absolute Gasteiger partial charge is 0.392 e. The predicted octanol–water partition coefficient (Wildman–Crippen LogP) is 5.38. The number of benzene rings is 3. The summed E-state index contributed by atoms with van der Waals surface area (Å²) in [6, 6.07) is 24.0. The van der Waals surface area contributed by atoms with Gasteiger partial charge in [-0.25, -0.2) is 4.79 Å². The van der Waals surface area contributed by atoms with E-state index in [-0.39, 0.29) is 30.8 Å². The van der Waals surface area contributed by atoms with Crippen LogP contribution < -0.4 is 10.6 Å². The molecule has 1 aromatic heterocycles. The van der Waals surface area contributed by atoms with Crippen LogP contribution in [0.5, 0.6) is 0 Å². The third-order valence-corrected chi connectivity index (χ3v) is 8.58. The Labute approximate surface area is 250 Å². The zero-order chi connectivity index (χ0) is 29.5. The SMILES string of the molecule is CCNC(=O)NCc1ccccc1-c1ccc([C@H]2O[C@@H](CSc3nncn3C)[C@@H](C)[C@@H](c3ccc(CO)cc3)O2)cc1. The first-order valence-corrected chi connectivity index (χ1v) is 15.1. The van der Waals surface area contributed by atoms with Crippen molar-refractivity contribution in [3.63, 3.8) is 0 Å². The first kappa shape index (κ1) is 29.8. The molecule has 2 amide bonds. The maximum Gasteiger partial charge on any atom is 0.315 e. The van der Waals surface area contributed by atoms with Crippen molar-refractivity contribution in [2.45, 2.75) is 50.7 Å². The van der Waals surface area contributed by atoms with E-state index in [0.717, 1.165) is 38.5 Å². The number of hydrogen-bond acceptors (Lipinski definition) is 7. The highest BCUT2D eigenvalue weighted by Crippen LogP contribution is 2.43. The Balaban J connectivity index is 1.37. The van der Waals surface area contributed by atoms with E-state index in [1.165, 1.54) is 0 Å². The third kappa shape index (κ3) is 7.01. The molecule has 0 spiro atoms. The van der Waals surface area contributed by atoms with Crippen LogP contribution in [0.25, 0.3) is 11.1 Å². The Kier molecular flexibility index (Phi) is 9.91. The van der Waals surface area contributed by atoms with E-state index in [2.05, 4.69) is 46.0 Å². The van der Waals surface area contributed by atoms with Crippen molar-refractivity contribution < 1.29 is 19.4 Å². The molecule has 5 rings (SSSR count). The summed E-state index contributed by atoms with van der Waals surface area (Å²) >= 11 is 1.62. The highest BCUT2D eigenvalue weighted by atomic mass is 32.2. The smallest absolute Gasteiger partial charge is 0.315 e. The number of aliphatic hydroxyl groups is 1. The third-order valence-electron chi connectivity index (χ3n) is 7.46. The molecule has 1 saturated heterocycles. The van der Waals surface area contributed by atoms with Crippen LogP contribution in [-0.4, -0.2) is 44.3 Å². The number of hydrogen-bond donors (Lipinski definition) is 3. The fraction of sp³-hybridized carbons (Fsp3) is 0.344. The van der Waals surface area contributed by atoms with Crippen LogP contribution in [0.2, 0.25) is 0 Å². The molecule has 3 aromatic carbocycles. The van der Waals surface area contributed by atoms with Crippen LogP contribution in [0.15, 0.2) is 84.3 Å². The molecule has 1 fully saturated rings. The van der Waals surface area contributed by atoms with Crippen LogP contribution >= 0.6 is 11.8 Å². The maximum atomic E-state index is 12.0. The Bertz CT molecular complexity index is 1460. The first-order valence-electron chi connectivity index (χ1n) is 14.1. The minimum Gasteiger partial charge on any atom is -0.392 e. The maximum absolute atomic E-state index is 12.0. The van der Waals surface area contributed by atoms with E-state index >= 15 is 0 Å². The van der Waals surface area contributed by atoms with Crippen molar-refractivity contribution in [2.24, 2.45) is 13.0 Å². The summed E-state index contributed by atoms with van der Waals surface area (Å²) in [7, 11) is 1.93. The Morgan fingerprint density at radius 2 is 1.74 bits per heavy atom. The fourth-order valence-corrected chi connectivity index (χ4v) is 6.10. The number of carbonyl (C=O) groups is 1. The van der Waals surface area contributed by atoms with Gasteiger partial charge in [0.25, 0.3) is 0 Å². The summed E-state index contributed by atoms with van der Waals surface area (Å²) in [6.45, 7) is 5.05. The van der Waals surface area contributed by atoms with Gasteiger partial charge in [0.1, 0.15) is 6.33 Å². The van der Waals surface area contributed by atoms with Crippen molar-refractivity contribution in [3.05, 3.63) is 101 Å². The van der Waals surface area contributed by atoms with Crippen LogP contribution in [-0.2, 0) is 29.7 Å². The molecule has 0 aliphatic carbocycles. The summed E-state index contributed by atoms with van der Waals surface area (Å²) in [5.41, 5.74) is 5.96. The molecule has 4 atom stereocenters. The lowest BCUT2D eigenvalue weighted by Gasteiger charge is -2.41. The highest BCUT2D eigenvalue weighted by Gasteiger charge is 2.38. The molecule has 4 aromatic rings. The molecule has 9 nitrogen and oxygen atoms in total. The second-order valence-electron chi connectivity index (χ2n) is 10.3. The summed E-state index contributed by atoms with van der Waals surface area (Å²) in [4.78, 5) is 12.0. The first-order chi connectivity index (χ1) is 20.5. The molecule has 1 aliphatic rings. The number of aryl methyl sites for hydroxylation is 1. The number of aromatic nitrogens is 3. The molecule has 10 heteroatoms. The van der Waals surface area contributed by atoms with Crippen molar-refractivity contribution in [1.29, 1.82) is 0 Å². The zero-order valence-corrected chi connectivity index (χ0v) is 24.9. The van der Waals surface area contributed by atoms with Gasteiger partial charge in [-0.15, -0.1) is 10.2 Å². The number of aliphatic hydroxyl groups excluding tert-OH is 1. The van der Waals surface area contributed by atoms with Crippen molar-refractivity contribution >= 4 is 17.8 Å². The van der Waals surface area contributed by atoms with Gasteiger partial charge in [0.15, 0.2) is 11.4 Å². The molecule has 0 saturated carbocycles. The molecule has 0 unspecified atom stereocenters. The van der Waals surface area contributed by atoms with Crippen LogP contribution in [0.3, 0.4) is 0 Å². The lowest BCUT2D eigenvalue weighted by atomic mass is 9.91. The van der Waals surface area contributed by atoms with Gasteiger partial charge in [-0.3, -0.25) is 0 Å². The number of nitrogens with zero attached hydrogens (tertiary/aromatic N) is 3. The van der Waals surface area contributed by atoms with Crippen molar-refractivity contribution in [1.82, 2.24) is 25.4 Å². The molecular formula is C32H37N5O4S. The van der Waals surface area contributed by atoms with Crippen molar-refractivity contribution in [3.8, 4) is 11.1 Å². The number of amides is 2. The molecule has 1 aliphatic heterocycles. The molecule has 0 radical (unpaired) electrons. The molecule has 2 heterocycles. The van der Waals surface area contributed by atoms with E-state index in [9.17, 15) is 9.90 Å². The van der Waals surface area contributed by atoms with Gasteiger partial charge in [-0.05, 0) is 34.7 Å². The molecular weight excluding hydrogens is 550 g/mol. The molecule has 3 N–H and O–H groups in total. The molecule has 42 heavy (non-hydrogen) atoms. The number of rotatable bonds is 10. The van der Waals surface area contributed by atoms with E-state index in [1.807, 2.05) is 73.1 Å². The van der Waals surface area contributed by atoms with Gasteiger partial charge in [0.05, 0.1) is 18.8 Å². The summed E-state index contributed by atoms with van der Waals surface area (Å²) in [6.07, 6.45) is 0.842. The molecule has 220 valence electrons. The topological polar surface area (TPSA) is 111 Å². The lowest BCUT2D eigenvalue weighted by Crippen LogP contribution is -2.38. The van der Waals surface area contributed by atoms with Crippen LogP contribution in [0.1, 0.15) is 48.5 Å². The van der Waals surface area contributed by atoms with Crippen molar-refractivity contribution in [2.75, 3.05) is 12.3 Å². The number of carbonyl (C=O) groups excluding carboxylic acids is 1. The number of ether oxygens (including phenoxy) is 2. The van der Waals surface area contributed by atoms with Gasteiger partial charge in [0, 0.05) is 37.4 Å². The standard InChI is InChI=1S/C32H37N5O4S/c1-4-33-31(39)34-17-26-7-5-6-8-27(26)23-13-15-25(16-14-23)30-40-28(19-42-32-36-35-20-37(32)3)21(2)29(41-30)24-11-9-22(18-38)10-12-24/h5-16,20-21,28-30,38H,4,17-19H2,1-3H3,(H2,33,34,39)/t21-,28+,29+,30+/m1/s1. The Morgan fingerprint density at radius 1 is 1.00 bits per heavy atom. The van der Waals surface area contributed by atoms with Gasteiger partial charge in [-0.2, -0.15) is 0 Å². The Morgan fingerprint density at radius 3 is 2.43 bits per heavy atom. The van der Waals surface area contributed by atoms with E-state index in [4.69, 9.17) is 9.47 Å². The minimum atomic E-state index is -0.558. The van der Waals surface area contributed by atoms with Gasteiger partial charge in [-0.1, -0.05) is 91.5 Å². The summed E-state index contributed by atoms with van der Waals surface area (Å²) < 4.78 is 15.1. The highest BCUT2D eigenvalue weighted by molar-refractivity contribution is 7.99. The minimum absolute atomic E-state index is 0.00152. The fourth-order valence-electron chi connectivity index (χ4n) is 5.04. The summed E-state index contributed by atoms with van der Waals surface area (Å²) in [5.74, 6) is 0.772. The second-order valence-corrected chi connectivity index (χ2v) is 11.3. The number of urea groups is 1. The Hall–Kier alpha value is -3.70. The van der Waals surface area contributed by atoms with Crippen LogP contribution in [0, 0.1) is 5.92 Å². The van der Waals surface area contributed by atoms with Gasteiger partial charge >= 0.3 is 6.03 Å². The van der Waals surface area contributed by atoms with E-state index < -0.39 is 6.29 Å². The quantitative estimate of drug-likeness (QED) is 0.214. The molecule has 0 bridgehead atoms. The monoisotopic (exact) mass is 587 g/mol. The number of thioether (sulfide) groups is 1. The average molecular weight is 588 g/mol. The van der Waals surface area contributed by atoms with E-state index in [1.54, 1.807) is 18.1 Å². The van der Waals surface area contributed by atoms with E-state index in [0.29, 0.717) is 18.8 Å². The van der Waals surface area contributed by atoms with Gasteiger partial charge < -0.3 is 29.8 Å². The number of nitrogens with one attached hydrogen (secondary N) is 2. The lowest BCUT2D eigenvalue weighted by molar-refractivity contribution is -0.268. The zero-order valence-electron chi connectivity index (χ0n) is 24.1. The van der Waals surface area contributed by atoms with Crippen LogP contribution in [0.4, 0.5) is 4.79 Å². The second kappa shape index (κ2) is 14.0. The predicted molar refractivity (Wildman–Crippen MR) is 162 cm³/mol. The summed E-state index contributed by atoms with van der Waals surface area (Å²) in [5, 5.41) is 24.2. The average Bonchev–Trinajstić information content (AvgIpc) is 3.44. The van der Waals surface area contributed by atoms with Gasteiger partial charge in [0.2, 0.25) is 0 Å².